The molecule has 2 fully saturated rings. The van der Waals surface area contributed by atoms with Gasteiger partial charge in [-0.15, -0.1) is 12.4 Å². The highest BCUT2D eigenvalue weighted by atomic mass is 35.5. The Morgan fingerprint density at radius 1 is 1.59 bits per heavy atom. The quantitative estimate of drug-likeness (QED) is 0.721. The number of carbonyl (C=O) groups excluding carboxylic acids is 2. The fourth-order valence-corrected chi connectivity index (χ4v) is 2.33. The fourth-order valence-electron chi connectivity index (χ4n) is 2.33. The second-order valence-electron chi connectivity index (χ2n) is 5.14. The number of rotatable bonds is 2. The maximum atomic E-state index is 12.1. The average Bonchev–Trinajstić information content (AvgIpc) is 2.76. The molecule has 0 bridgehead atoms. The zero-order valence-corrected chi connectivity index (χ0v) is 11.1. The van der Waals surface area contributed by atoms with Gasteiger partial charge in [-0.05, 0) is 19.9 Å². The van der Waals surface area contributed by atoms with Crippen molar-refractivity contribution >= 4 is 24.2 Å². The van der Waals surface area contributed by atoms with E-state index in [-0.39, 0.29) is 35.7 Å². The fraction of sp³-hybridized carbons (Fsp3) is 0.818. The van der Waals surface area contributed by atoms with Crippen LogP contribution in [-0.4, -0.2) is 49.4 Å². The Labute approximate surface area is 108 Å². The van der Waals surface area contributed by atoms with Gasteiger partial charge < -0.3 is 15.5 Å². The molecular formula is C11H20ClN3O2. The van der Waals surface area contributed by atoms with Gasteiger partial charge >= 0.3 is 0 Å². The molecule has 0 aromatic heterocycles. The van der Waals surface area contributed by atoms with Crippen molar-refractivity contribution in [1.29, 1.82) is 0 Å². The van der Waals surface area contributed by atoms with E-state index < -0.39 is 0 Å². The molecule has 2 saturated heterocycles. The Balaban J connectivity index is 0.00000144. The molecule has 0 spiro atoms. The van der Waals surface area contributed by atoms with E-state index in [1.165, 1.54) is 0 Å². The lowest BCUT2D eigenvalue weighted by Crippen LogP contribution is -2.46. The summed E-state index contributed by atoms with van der Waals surface area (Å²) in [4.78, 5) is 25.1. The van der Waals surface area contributed by atoms with E-state index in [9.17, 15) is 9.59 Å². The van der Waals surface area contributed by atoms with E-state index in [2.05, 4.69) is 10.6 Å². The van der Waals surface area contributed by atoms with Gasteiger partial charge in [0, 0.05) is 26.6 Å². The molecule has 2 amide bonds. The molecule has 2 heterocycles. The molecule has 98 valence electrons. The molecule has 2 unspecified atom stereocenters. The van der Waals surface area contributed by atoms with Crippen LogP contribution in [0.2, 0.25) is 0 Å². The normalized spacial score (nSPS) is 32.5. The standard InChI is InChI=1S/C11H19N3O2.ClH/c1-11(3-4-12-7-11)10(16)13-8-5-9(15)14(2)6-8;/h8,12H,3-7H2,1-2H3,(H,13,16);1H. The van der Waals surface area contributed by atoms with Crippen LogP contribution >= 0.6 is 12.4 Å². The number of hydrogen-bond donors (Lipinski definition) is 2. The Morgan fingerprint density at radius 2 is 2.29 bits per heavy atom. The summed E-state index contributed by atoms with van der Waals surface area (Å²) >= 11 is 0. The smallest absolute Gasteiger partial charge is 0.227 e. The van der Waals surface area contributed by atoms with Crippen LogP contribution in [0, 0.1) is 5.41 Å². The van der Waals surface area contributed by atoms with Gasteiger partial charge in [-0.25, -0.2) is 0 Å². The first-order valence-corrected chi connectivity index (χ1v) is 5.77. The highest BCUT2D eigenvalue weighted by Gasteiger charge is 2.38. The molecule has 5 nitrogen and oxygen atoms in total. The van der Waals surface area contributed by atoms with Crippen molar-refractivity contribution in [2.45, 2.75) is 25.8 Å². The second-order valence-corrected chi connectivity index (χ2v) is 5.14. The summed E-state index contributed by atoms with van der Waals surface area (Å²) < 4.78 is 0. The molecule has 6 heteroatoms. The van der Waals surface area contributed by atoms with Crippen LogP contribution in [0.5, 0.6) is 0 Å². The zero-order chi connectivity index (χ0) is 11.8. The van der Waals surface area contributed by atoms with Crippen molar-refractivity contribution in [2.75, 3.05) is 26.7 Å². The summed E-state index contributed by atoms with van der Waals surface area (Å²) in [6, 6.07) is -0.0116. The van der Waals surface area contributed by atoms with Crippen LogP contribution in [0.3, 0.4) is 0 Å². The first-order chi connectivity index (χ1) is 7.51. The number of nitrogens with one attached hydrogen (secondary N) is 2. The van der Waals surface area contributed by atoms with E-state index in [0.717, 1.165) is 19.5 Å². The molecular weight excluding hydrogens is 242 g/mol. The predicted molar refractivity (Wildman–Crippen MR) is 67.0 cm³/mol. The summed E-state index contributed by atoms with van der Waals surface area (Å²) in [5, 5.41) is 6.18. The van der Waals surface area contributed by atoms with Crippen LogP contribution in [0.4, 0.5) is 0 Å². The molecule has 0 aromatic carbocycles. The lowest BCUT2D eigenvalue weighted by Gasteiger charge is -2.23. The van der Waals surface area contributed by atoms with Gasteiger partial charge in [-0.3, -0.25) is 9.59 Å². The number of hydrogen-bond acceptors (Lipinski definition) is 3. The highest BCUT2D eigenvalue weighted by Crippen LogP contribution is 2.25. The van der Waals surface area contributed by atoms with Crippen molar-refractivity contribution < 1.29 is 9.59 Å². The molecule has 2 atom stereocenters. The van der Waals surface area contributed by atoms with Crippen molar-refractivity contribution in [3.05, 3.63) is 0 Å². The maximum absolute atomic E-state index is 12.1. The third kappa shape index (κ3) is 2.90. The van der Waals surface area contributed by atoms with Gasteiger partial charge in [0.1, 0.15) is 0 Å². The number of halogens is 1. The van der Waals surface area contributed by atoms with Crippen molar-refractivity contribution in [2.24, 2.45) is 5.41 Å². The third-order valence-corrected chi connectivity index (χ3v) is 3.59. The van der Waals surface area contributed by atoms with E-state index in [4.69, 9.17) is 0 Å². The average molecular weight is 262 g/mol. The molecule has 2 aliphatic rings. The van der Waals surface area contributed by atoms with Crippen LogP contribution in [0.15, 0.2) is 0 Å². The molecule has 2 aliphatic heterocycles. The van der Waals surface area contributed by atoms with Crippen molar-refractivity contribution in [3.63, 3.8) is 0 Å². The zero-order valence-electron chi connectivity index (χ0n) is 10.3. The third-order valence-electron chi connectivity index (χ3n) is 3.59. The van der Waals surface area contributed by atoms with Gasteiger partial charge in [-0.2, -0.15) is 0 Å². The maximum Gasteiger partial charge on any atom is 0.227 e. The minimum Gasteiger partial charge on any atom is -0.351 e. The summed E-state index contributed by atoms with van der Waals surface area (Å²) in [6.07, 6.45) is 1.31. The SMILES string of the molecule is CN1CC(NC(=O)C2(C)CCNC2)CC1=O.Cl. The molecule has 0 radical (unpaired) electrons. The number of likely N-dealkylation sites (N-methyl/N-ethyl adjacent to an activating group) is 1. The predicted octanol–water partition coefficient (Wildman–Crippen LogP) is -0.245. The molecule has 2 rings (SSSR count). The Kier molecular flexibility index (Phi) is 4.38. The van der Waals surface area contributed by atoms with Crippen molar-refractivity contribution in [1.82, 2.24) is 15.5 Å². The number of likely N-dealkylation sites (tertiary alicyclic amines) is 1. The first-order valence-electron chi connectivity index (χ1n) is 5.77. The number of nitrogens with zero attached hydrogens (tertiary/aromatic N) is 1. The van der Waals surface area contributed by atoms with Gasteiger partial charge in [0.2, 0.25) is 11.8 Å². The highest BCUT2D eigenvalue weighted by molar-refractivity contribution is 5.85. The molecule has 2 N–H and O–H groups in total. The lowest BCUT2D eigenvalue weighted by molar-refractivity contribution is -0.129. The summed E-state index contributed by atoms with van der Waals surface area (Å²) in [6.45, 7) is 4.24. The van der Waals surface area contributed by atoms with Crippen LogP contribution in [0.1, 0.15) is 19.8 Å². The van der Waals surface area contributed by atoms with Gasteiger partial charge in [0.25, 0.3) is 0 Å². The second kappa shape index (κ2) is 5.23. The topological polar surface area (TPSA) is 61.4 Å². The van der Waals surface area contributed by atoms with Gasteiger partial charge in [0.05, 0.1) is 11.5 Å². The summed E-state index contributed by atoms with van der Waals surface area (Å²) in [5.41, 5.74) is -0.301. The van der Waals surface area contributed by atoms with Gasteiger partial charge in [0.15, 0.2) is 0 Å². The van der Waals surface area contributed by atoms with E-state index in [0.29, 0.717) is 13.0 Å². The molecule has 0 aliphatic carbocycles. The van der Waals surface area contributed by atoms with Gasteiger partial charge in [-0.1, -0.05) is 0 Å². The van der Waals surface area contributed by atoms with E-state index in [1.807, 2.05) is 6.92 Å². The van der Waals surface area contributed by atoms with Crippen LogP contribution in [0.25, 0.3) is 0 Å². The Bertz CT molecular complexity index is 316. The minimum atomic E-state index is -0.301. The Hall–Kier alpha value is -0.810. The van der Waals surface area contributed by atoms with Crippen molar-refractivity contribution in [3.8, 4) is 0 Å². The monoisotopic (exact) mass is 261 g/mol. The summed E-state index contributed by atoms with van der Waals surface area (Å²) in [7, 11) is 1.77. The number of carbonyl (C=O) groups is 2. The van der Waals surface area contributed by atoms with E-state index >= 15 is 0 Å². The molecule has 0 saturated carbocycles. The molecule has 17 heavy (non-hydrogen) atoms. The number of amides is 2. The lowest BCUT2D eigenvalue weighted by atomic mass is 9.88. The Morgan fingerprint density at radius 3 is 2.76 bits per heavy atom. The van der Waals surface area contributed by atoms with E-state index in [1.54, 1.807) is 11.9 Å². The molecule has 0 aromatic rings. The summed E-state index contributed by atoms with van der Waals surface area (Å²) in [5.74, 6) is 0.186. The first kappa shape index (κ1) is 14.3. The van der Waals surface area contributed by atoms with Crippen LogP contribution < -0.4 is 10.6 Å². The largest absolute Gasteiger partial charge is 0.351 e. The minimum absolute atomic E-state index is 0. The van der Waals surface area contributed by atoms with Crippen LogP contribution in [-0.2, 0) is 9.59 Å².